The number of rotatable bonds is 6. The van der Waals surface area contributed by atoms with Crippen molar-refractivity contribution < 1.29 is 9.47 Å². The maximum Gasteiger partial charge on any atom is 0.187 e. The van der Waals surface area contributed by atoms with Crippen LogP contribution in [0.5, 0.6) is 5.75 Å². The SMILES string of the molecule is CCOCCOc1ccc2ccc(-c3nnc4ccccn34)nc2c1. The highest BCUT2D eigenvalue weighted by Crippen LogP contribution is 2.23. The maximum atomic E-state index is 5.72. The first kappa shape index (κ1) is 15.5. The van der Waals surface area contributed by atoms with Crippen molar-refractivity contribution in [3.63, 3.8) is 0 Å². The van der Waals surface area contributed by atoms with Crippen LogP contribution in [0, 0.1) is 0 Å². The van der Waals surface area contributed by atoms with E-state index >= 15 is 0 Å². The number of hydrogen-bond donors (Lipinski definition) is 0. The van der Waals surface area contributed by atoms with Crippen molar-refractivity contribution in [1.82, 2.24) is 19.6 Å². The summed E-state index contributed by atoms with van der Waals surface area (Å²) < 4.78 is 12.9. The Bertz CT molecular complexity index is 1010. The van der Waals surface area contributed by atoms with Crippen LogP contribution < -0.4 is 4.74 Å². The van der Waals surface area contributed by atoms with Gasteiger partial charge in [-0.15, -0.1) is 10.2 Å². The van der Waals surface area contributed by atoms with Crippen LogP contribution in [0.2, 0.25) is 0 Å². The quantitative estimate of drug-likeness (QED) is 0.506. The minimum atomic E-state index is 0.522. The molecule has 25 heavy (non-hydrogen) atoms. The molecule has 0 radical (unpaired) electrons. The first-order chi connectivity index (χ1) is 12.3. The molecule has 6 nitrogen and oxygen atoms in total. The molecule has 0 aliphatic rings. The largest absolute Gasteiger partial charge is 0.491 e. The number of ether oxygens (including phenoxy) is 2. The van der Waals surface area contributed by atoms with Gasteiger partial charge in [-0.2, -0.15) is 0 Å². The zero-order valence-electron chi connectivity index (χ0n) is 13.9. The summed E-state index contributed by atoms with van der Waals surface area (Å²) >= 11 is 0. The van der Waals surface area contributed by atoms with Gasteiger partial charge in [-0.1, -0.05) is 12.1 Å². The fourth-order valence-electron chi connectivity index (χ4n) is 2.69. The molecule has 4 rings (SSSR count). The van der Waals surface area contributed by atoms with E-state index in [0.717, 1.165) is 33.8 Å². The third-order valence-corrected chi connectivity index (χ3v) is 3.91. The van der Waals surface area contributed by atoms with Crippen LogP contribution >= 0.6 is 0 Å². The summed E-state index contributed by atoms with van der Waals surface area (Å²) in [6.45, 7) is 3.76. The highest BCUT2D eigenvalue weighted by Gasteiger charge is 2.10. The van der Waals surface area contributed by atoms with E-state index < -0.39 is 0 Å². The van der Waals surface area contributed by atoms with Gasteiger partial charge in [-0.3, -0.25) is 4.40 Å². The molecule has 1 aromatic carbocycles. The predicted octanol–water partition coefficient (Wildman–Crippen LogP) is 3.36. The van der Waals surface area contributed by atoms with Crippen molar-refractivity contribution in [3.05, 3.63) is 54.7 Å². The summed E-state index contributed by atoms with van der Waals surface area (Å²) in [4.78, 5) is 4.74. The van der Waals surface area contributed by atoms with E-state index in [1.165, 1.54) is 0 Å². The Kier molecular flexibility index (Phi) is 4.26. The van der Waals surface area contributed by atoms with Crippen molar-refractivity contribution in [2.24, 2.45) is 0 Å². The van der Waals surface area contributed by atoms with E-state index in [9.17, 15) is 0 Å². The molecule has 0 N–H and O–H groups in total. The minimum absolute atomic E-state index is 0.522. The minimum Gasteiger partial charge on any atom is -0.491 e. The van der Waals surface area contributed by atoms with Crippen LogP contribution in [-0.4, -0.2) is 39.4 Å². The van der Waals surface area contributed by atoms with E-state index in [0.29, 0.717) is 19.8 Å². The molecule has 0 aliphatic carbocycles. The van der Waals surface area contributed by atoms with Crippen LogP contribution in [0.1, 0.15) is 6.92 Å². The van der Waals surface area contributed by atoms with Gasteiger partial charge in [0.05, 0.1) is 12.1 Å². The molecular weight excluding hydrogens is 316 g/mol. The lowest BCUT2D eigenvalue weighted by Crippen LogP contribution is -2.06. The zero-order valence-corrected chi connectivity index (χ0v) is 13.9. The van der Waals surface area contributed by atoms with Crippen molar-refractivity contribution >= 4 is 16.6 Å². The van der Waals surface area contributed by atoms with Crippen LogP contribution in [0.25, 0.3) is 28.1 Å². The first-order valence-electron chi connectivity index (χ1n) is 8.26. The maximum absolute atomic E-state index is 5.72. The Morgan fingerprint density at radius 2 is 1.92 bits per heavy atom. The summed E-state index contributed by atoms with van der Waals surface area (Å²) in [7, 11) is 0. The van der Waals surface area contributed by atoms with Gasteiger partial charge in [-0.25, -0.2) is 4.98 Å². The Morgan fingerprint density at radius 3 is 2.84 bits per heavy atom. The topological polar surface area (TPSA) is 61.5 Å². The number of benzene rings is 1. The third kappa shape index (κ3) is 3.16. The molecular formula is C19H18N4O2. The summed E-state index contributed by atoms with van der Waals surface area (Å²) in [6, 6.07) is 15.7. The van der Waals surface area contributed by atoms with Gasteiger partial charge in [0, 0.05) is 24.3 Å². The predicted molar refractivity (Wildman–Crippen MR) is 95.7 cm³/mol. The second-order valence-corrected chi connectivity index (χ2v) is 5.55. The second kappa shape index (κ2) is 6.86. The number of fused-ring (bicyclic) bond motifs is 2. The van der Waals surface area contributed by atoms with Gasteiger partial charge < -0.3 is 9.47 Å². The van der Waals surface area contributed by atoms with Gasteiger partial charge in [0.15, 0.2) is 11.5 Å². The molecule has 0 saturated heterocycles. The van der Waals surface area contributed by atoms with E-state index in [1.807, 2.05) is 66.1 Å². The summed E-state index contributed by atoms with van der Waals surface area (Å²) in [5, 5.41) is 9.50. The smallest absolute Gasteiger partial charge is 0.187 e. The fourth-order valence-corrected chi connectivity index (χ4v) is 2.69. The molecule has 0 bridgehead atoms. The molecule has 0 unspecified atom stereocenters. The molecule has 0 aliphatic heterocycles. The van der Waals surface area contributed by atoms with Crippen molar-refractivity contribution in [2.45, 2.75) is 6.92 Å². The molecule has 3 heterocycles. The van der Waals surface area contributed by atoms with Gasteiger partial charge in [-0.05, 0) is 37.3 Å². The van der Waals surface area contributed by atoms with Crippen LogP contribution in [0.3, 0.4) is 0 Å². The lowest BCUT2D eigenvalue weighted by Gasteiger charge is -2.08. The molecule has 4 aromatic rings. The van der Waals surface area contributed by atoms with E-state index in [-0.39, 0.29) is 0 Å². The second-order valence-electron chi connectivity index (χ2n) is 5.55. The van der Waals surface area contributed by atoms with E-state index in [2.05, 4.69) is 10.2 Å². The molecule has 0 fully saturated rings. The third-order valence-electron chi connectivity index (χ3n) is 3.91. The molecule has 0 spiro atoms. The van der Waals surface area contributed by atoms with Crippen molar-refractivity contribution in [2.75, 3.05) is 19.8 Å². The molecule has 0 atom stereocenters. The number of aromatic nitrogens is 4. The molecule has 3 aromatic heterocycles. The average molecular weight is 334 g/mol. The monoisotopic (exact) mass is 334 g/mol. The highest BCUT2D eigenvalue weighted by molar-refractivity contribution is 5.82. The Hall–Kier alpha value is -2.99. The van der Waals surface area contributed by atoms with Crippen LogP contribution in [-0.2, 0) is 4.74 Å². The average Bonchev–Trinajstić information content (AvgIpc) is 3.09. The van der Waals surface area contributed by atoms with Gasteiger partial charge in [0.2, 0.25) is 0 Å². The van der Waals surface area contributed by atoms with E-state index in [4.69, 9.17) is 14.5 Å². The number of nitrogens with zero attached hydrogens (tertiary/aromatic N) is 4. The van der Waals surface area contributed by atoms with E-state index in [1.54, 1.807) is 0 Å². The molecule has 6 heteroatoms. The van der Waals surface area contributed by atoms with Crippen LogP contribution in [0.4, 0.5) is 0 Å². The standard InChI is InChI=1S/C19H18N4O2/c1-2-24-11-12-25-15-8-6-14-7-9-16(20-17(14)13-15)19-22-21-18-5-3-4-10-23(18)19/h3-10,13H,2,11-12H2,1H3. The molecule has 0 amide bonds. The summed E-state index contributed by atoms with van der Waals surface area (Å²) in [5.74, 6) is 1.50. The van der Waals surface area contributed by atoms with Crippen molar-refractivity contribution in [3.8, 4) is 17.3 Å². The lowest BCUT2D eigenvalue weighted by molar-refractivity contribution is 0.110. The van der Waals surface area contributed by atoms with Crippen molar-refractivity contribution in [1.29, 1.82) is 0 Å². The lowest BCUT2D eigenvalue weighted by atomic mass is 10.2. The Balaban J connectivity index is 1.66. The molecule has 0 saturated carbocycles. The van der Waals surface area contributed by atoms with Crippen LogP contribution in [0.15, 0.2) is 54.7 Å². The number of pyridine rings is 2. The van der Waals surface area contributed by atoms with Gasteiger partial charge >= 0.3 is 0 Å². The Labute approximate surface area is 145 Å². The summed E-state index contributed by atoms with van der Waals surface area (Å²) in [5.41, 5.74) is 2.43. The fraction of sp³-hybridized carbons (Fsp3) is 0.211. The summed E-state index contributed by atoms with van der Waals surface area (Å²) in [6.07, 6.45) is 1.93. The van der Waals surface area contributed by atoms with Gasteiger partial charge in [0.1, 0.15) is 18.1 Å². The number of hydrogen-bond acceptors (Lipinski definition) is 5. The normalized spacial score (nSPS) is 11.2. The highest BCUT2D eigenvalue weighted by atomic mass is 16.5. The molecule has 126 valence electrons. The Morgan fingerprint density at radius 1 is 1.00 bits per heavy atom. The zero-order chi connectivity index (χ0) is 17.1. The van der Waals surface area contributed by atoms with Gasteiger partial charge in [0.25, 0.3) is 0 Å². The first-order valence-corrected chi connectivity index (χ1v) is 8.26.